The van der Waals surface area contributed by atoms with Crippen LogP contribution in [0.25, 0.3) is 0 Å². The highest BCUT2D eigenvalue weighted by Crippen LogP contribution is 2.29. The zero-order valence-electron chi connectivity index (χ0n) is 17.2. The average Bonchev–Trinajstić information content (AvgIpc) is 2.54. The number of anilines is 1. The Bertz CT molecular complexity index is 800. The second-order valence-electron chi connectivity index (χ2n) is 7.11. The van der Waals surface area contributed by atoms with Crippen molar-refractivity contribution in [2.45, 2.75) is 44.6 Å². The maximum atomic E-state index is 12.5. The fraction of sp³-hybridized carbons (Fsp3) is 0.556. The molecule has 0 spiro atoms. The van der Waals surface area contributed by atoms with Crippen LogP contribution in [0, 0.1) is 0 Å². The molecule has 1 rings (SSSR count). The molecule has 28 heavy (non-hydrogen) atoms. The first-order chi connectivity index (χ1) is 12.9. The summed E-state index contributed by atoms with van der Waals surface area (Å²) in [7, 11) is -0.919. The van der Waals surface area contributed by atoms with Gasteiger partial charge in [-0.25, -0.2) is 17.5 Å². The van der Waals surface area contributed by atoms with Crippen molar-refractivity contribution < 1.29 is 27.5 Å². The van der Waals surface area contributed by atoms with E-state index in [1.54, 1.807) is 33.8 Å². The van der Waals surface area contributed by atoms with Crippen LogP contribution in [-0.2, 0) is 19.6 Å². The van der Waals surface area contributed by atoms with Crippen molar-refractivity contribution in [1.82, 2.24) is 9.62 Å². The first-order valence-electron chi connectivity index (χ1n) is 8.83. The van der Waals surface area contributed by atoms with E-state index in [0.29, 0.717) is 12.3 Å². The van der Waals surface area contributed by atoms with E-state index >= 15 is 0 Å². The SMILES string of the molecule is CCOc1ccc(NC(=O)CCNC(=O)OC(C)(C)C)cc1S(=O)(=O)N(C)C. The van der Waals surface area contributed by atoms with Crippen molar-refractivity contribution in [2.75, 3.05) is 32.6 Å². The van der Waals surface area contributed by atoms with Gasteiger partial charge in [0.2, 0.25) is 15.9 Å². The van der Waals surface area contributed by atoms with Crippen molar-refractivity contribution in [3.63, 3.8) is 0 Å². The Hall–Kier alpha value is -2.33. The molecule has 158 valence electrons. The van der Waals surface area contributed by atoms with Gasteiger partial charge in [-0.05, 0) is 45.9 Å². The van der Waals surface area contributed by atoms with E-state index in [9.17, 15) is 18.0 Å². The fourth-order valence-electron chi connectivity index (χ4n) is 2.07. The molecule has 10 heteroatoms. The molecule has 0 aliphatic rings. The van der Waals surface area contributed by atoms with Crippen molar-refractivity contribution in [1.29, 1.82) is 0 Å². The molecule has 0 bridgehead atoms. The van der Waals surface area contributed by atoms with Gasteiger partial charge in [0.1, 0.15) is 16.2 Å². The van der Waals surface area contributed by atoms with Crippen molar-refractivity contribution in [2.24, 2.45) is 0 Å². The number of carbonyl (C=O) groups excluding carboxylic acids is 2. The van der Waals surface area contributed by atoms with Crippen LogP contribution in [-0.4, -0.2) is 57.6 Å². The lowest BCUT2D eigenvalue weighted by Crippen LogP contribution is -2.34. The summed E-state index contributed by atoms with van der Waals surface area (Å²) in [6, 6.07) is 4.40. The minimum atomic E-state index is -3.75. The van der Waals surface area contributed by atoms with E-state index < -0.39 is 21.7 Å². The first kappa shape index (κ1) is 23.7. The van der Waals surface area contributed by atoms with E-state index in [2.05, 4.69) is 10.6 Å². The van der Waals surface area contributed by atoms with Gasteiger partial charge in [-0.2, -0.15) is 0 Å². The largest absolute Gasteiger partial charge is 0.492 e. The standard InChI is InChI=1S/C18H29N3O6S/c1-7-26-14-9-8-13(12-15(14)28(24,25)21(5)6)20-16(22)10-11-19-17(23)27-18(2,3)4/h8-9,12H,7,10-11H2,1-6H3,(H,19,23)(H,20,22). The van der Waals surface area contributed by atoms with Gasteiger partial charge < -0.3 is 20.1 Å². The molecule has 0 aliphatic heterocycles. The summed E-state index contributed by atoms with van der Waals surface area (Å²) < 4.78 is 36.5. The molecule has 0 radical (unpaired) electrons. The molecule has 1 aromatic rings. The van der Waals surface area contributed by atoms with Gasteiger partial charge in [-0.15, -0.1) is 0 Å². The Morgan fingerprint density at radius 2 is 1.82 bits per heavy atom. The summed E-state index contributed by atoms with van der Waals surface area (Å²) in [4.78, 5) is 23.6. The van der Waals surface area contributed by atoms with Crippen molar-refractivity contribution in [3.05, 3.63) is 18.2 Å². The molecule has 0 heterocycles. The number of alkyl carbamates (subject to hydrolysis) is 1. The molecule has 0 unspecified atom stereocenters. The molecule has 0 atom stereocenters. The lowest BCUT2D eigenvalue weighted by Gasteiger charge is -2.19. The third-order valence-corrected chi connectivity index (χ3v) is 5.14. The van der Waals surface area contributed by atoms with Crippen molar-refractivity contribution >= 4 is 27.7 Å². The molecule has 0 aliphatic carbocycles. The predicted octanol–water partition coefficient (Wildman–Crippen LogP) is 2.19. The van der Waals surface area contributed by atoms with Gasteiger partial charge >= 0.3 is 6.09 Å². The molecule has 2 N–H and O–H groups in total. The Balaban J connectivity index is 2.79. The quantitative estimate of drug-likeness (QED) is 0.673. The Morgan fingerprint density at radius 1 is 1.18 bits per heavy atom. The number of rotatable bonds is 8. The second kappa shape index (κ2) is 9.74. The van der Waals surface area contributed by atoms with Crippen LogP contribution in [0.3, 0.4) is 0 Å². The third kappa shape index (κ3) is 7.35. The minimum Gasteiger partial charge on any atom is -0.492 e. The molecule has 0 saturated carbocycles. The number of hydrogen-bond acceptors (Lipinski definition) is 6. The highest BCUT2D eigenvalue weighted by atomic mass is 32.2. The zero-order valence-corrected chi connectivity index (χ0v) is 18.0. The van der Waals surface area contributed by atoms with Gasteiger partial charge in [0.05, 0.1) is 6.61 Å². The molecule has 2 amide bonds. The number of hydrogen-bond donors (Lipinski definition) is 2. The number of carbonyl (C=O) groups is 2. The van der Waals surface area contributed by atoms with Crippen LogP contribution in [0.4, 0.5) is 10.5 Å². The van der Waals surface area contributed by atoms with Crippen LogP contribution in [0.2, 0.25) is 0 Å². The summed E-state index contributed by atoms with van der Waals surface area (Å²) >= 11 is 0. The predicted molar refractivity (Wildman–Crippen MR) is 106 cm³/mol. The number of benzene rings is 1. The Labute approximate surface area is 166 Å². The maximum Gasteiger partial charge on any atom is 0.407 e. The van der Waals surface area contributed by atoms with Crippen LogP contribution in [0.1, 0.15) is 34.1 Å². The Morgan fingerprint density at radius 3 is 2.36 bits per heavy atom. The molecule has 1 aromatic carbocycles. The van der Waals surface area contributed by atoms with Crippen LogP contribution >= 0.6 is 0 Å². The Kier molecular flexibility index (Phi) is 8.25. The minimum absolute atomic E-state index is 0.00220. The summed E-state index contributed by atoms with van der Waals surface area (Å²) in [6.45, 7) is 7.36. The first-order valence-corrected chi connectivity index (χ1v) is 10.3. The number of amides is 2. The number of nitrogens with one attached hydrogen (secondary N) is 2. The highest BCUT2D eigenvalue weighted by molar-refractivity contribution is 7.89. The fourth-order valence-corrected chi connectivity index (χ4v) is 3.13. The van der Waals surface area contributed by atoms with Crippen LogP contribution in [0.5, 0.6) is 5.75 Å². The molecular weight excluding hydrogens is 386 g/mol. The summed E-state index contributed by atoms with van der Waals surface area (Å²) in [5.74, 6) is -0.172. The van der Waals surface area contributed by atoms with Crippen molar-refractivity contribution in [3.8, 4) is 5.75 Å². The van der Waals surface area contributed by atoms with E-state index in [-0.39, 0.29) is 29.5 Å². The number of sulfonamides is 1. The van der Waals surface area contributed by atoms with Gasteiger partial charge in [-0.3, -0.25) is 4.79 Å². The van der Waals surface area contributed by atoms with Gasteiger partial charge in [-0.1, -0.05) is 0 Å². The third-order valence-electron chi connectivity index (χ3n) is 3.31. The maximum absolute atomic E-state index is 12.5. The monoisotopic (exact) mass is 415 g/mol. The van der Waals surface area contributed by atoms with Gasteiger partial charge in [0.25, 0.3) is 0 Å². The molecule has 0 saturated heterocycles. The zero-order chi connectivity index (χ0) is 21.5. The second-order valence-corrected chi connectivity index (χ2v) is 9.23. The highest BCUT2D eigenvalue weighted by Gasteiger charge is 2.23. The summed E-state index contributed by atoms with van der Waals surface area (Å²) in [5.41, 5.74) is -0.311. The summed E-state index contributed by atoms with van der Waals surface area (Å²) in [5, 5.41) is 5.10. The normalized spacial score (nSPS) is 11.8. The summed E-state index contributed by atoms with van der Waals surface area (Å²) in [6.07, 6.45) is -0.608. The van der Waals surface area contributed by atoms with E-state index in [0.717, 1.165) is 4.31 Å². The van der Waals surface area contributed by atoms with E-state index in [1.165, 1.54) is 26.2 Å². The topological polar surface area (TPSA) is 114 Å². The lowest BCUT2D eigenvalue weighted by molar-refractivity contribution is -0.116. The smallest absolute Gasteiger partial charge is 0.407 e. The molecule has 0 fully saturated rings. The van der Waals surface area contributed by atoms with Gasteiger partial charge in [0, 0.05) is 32.7 Å². The molecule has 9 nitrogen and oxygen atoms in total. The lowest BCUT2D eigenvalue weighted by atomic mass is 10.2. The number of ether oxygens (including phenoxy) is 2. The van der Waals surface area contributed by atoms with Crippen LogP contribution in [0.15, 0.2) is 23.1 Å². The van der Waals surface area contributed by atoms with E-state index in [1.807, 2.05) is 0 Å². The van der Waals surface area contributed by atoms with Gasteiger partial charge in [0.15, 0.2) is 0 Å². The average molecular weight is 416 g/mol. The molecular formula is C18H29N3O6S. The molecule has 0 aromatic heterocycles. The van der Waals surface area contributed by atoms with E-state index in [4.69, 9.17) is 9.47 Å². The number of nitrogens with zero attached hydrogens (tertiary/aromatic N) is 1. The van der Waals surface area contributed by atoms with Crippen LogP contribution < -0.4 is 15.4 Å².